The predicted octanol–water partition coefficient (Wildman–Crippen LogP) is 0.829. The first-order valence-corrected chi connectivity index (χ1v) is 6.06. The molecule has 106 valence electrons. The summed E-state index contributed by atoms with van der Waals surface area (Å²) < 4.78 is 14.7. The third-order valence-corrected chi connectivity index (χ3v) is 2.63. The number of carbonyl (C=O) groups is 1. The lowest BCUT2D eigenvalue weighted by Crippen LogP contribution is -2.25. The summed E-state index contributed by atoms with van der Waals surface area (Å²) in [6.45, 7) is 0.220. The summed E-state index contributed by atoms with van der Waals surface area (Å²) in [5, 5.41) is 24.7. The number of aliphatic hydroxyl groups is 1. The van der Waals surface area contributed by atoms with Gasteiger partial charge in [0.05, 0.1) is 6.20 Å². The largest absolute Gasteiger partial charge is 0.504 e. The summed E-state index contributed by atoms with van der Waals surface area (Å²) in [6, 6.07) is 5.90. The van der Waals surface area contributed by atoms with E-state index in [0.29, 0.717) is 6.42 Å². The van der Waals surface area contributed by atoms with Crippen molar-refractivity contribution in [3.05, 3.63) is 42.0 Å². The van der Waals surface area contributed by atoms with Gasteiger partial charge in [-0.15, -0.1) is 0 Å². The monoisotopic (exact) mass is 279 g/mol. The molecule has 0 saturated heterocycles. The Morgan fingerprint density at radius 3 is 2.85 bits per heavy atom. The van der Waals surface area contributed by atoms with Crippen LogP contribution in [0.4, 0.5) is 4.39 Å². The van der Waals surface area contributed by atoms with Crippen molar-refractivity contribution < 1.29 is 19.4 Å². The highest BCUT2D eigenvalue weighted by Crippen LogP contribution is 2.19. The highest BCUT2D eigenvalue weighted by atomic mass is 19.1. The lowest BCUT2D eigenvalue weighted by atomic mass is 10.3. The van der Waals surface area contributed by atoms with Gasteiger partial charge in [-0.2, -0.15) is 5.10 Å². The molecular weight excluding hydrogens is 265 g/mol. The summed E-state index contributed by atoms with van der Waals surface area (Å²) in [5.41, 5.74) is -0.0524. The fourth-order valence-electron chi connectivity index (χ4n) is 1.65. The normalized spacial score (nSPS) is 10.5. The van der Waals surface area contributed by atoms with E-state index < -0.39 is 11.7 Å². The number of carbonyl (C=O) groups excluding carboxylic acids is 1. The molecule has 0 radical (unpaired) electrons. The van der Waals surface area contributed by atoms with Crippen molar-refractivity contribution in [3.63, 3.8) is 0 Å². The lowest BCUT2D eigenvalue weighted by Gasteiger charge is -2.02. The SMILES string of the molecule is O=C(NCCCO)c1nn(-c2ccccc2F)cc1O. The Balaban J connectivity index is 2.22. The summed E-state index contributed by atoms with van der Waals surface area (Å²) >= 11 is 0. The average molecular weight is 279 g/mol. The van der Waals surface area contributed by atoms with Crippen molar-refractivity contribution in [2.75, 3.05) is 13.2 Å². The average Bonchev–Trinajstić information content (AvgIpc) is 2.81. The molecule has 0 aliphatic rings. The first-order chi connectivity index (χ1) is 9.63. The van der Waals surface area contributed by atoms with Gasteiger partial charge in [0.25, 0.3) is 5.91 Å². The molecular formula is C13H14FN3O3. The Labute approximate surface area is 114 Å². The van der Waals surface area contributed by atoms with E-state index in [1.165, 1.54) is 24.4 Å². The van der Waals surface area contributed by atoms with Gasteiger partial charge < -0.3 is 15.5 Å². The van der Waals surface area contributed by atoms with Gasteiger partial charge in [-0.3, -0.25) is 4.79 Å². The molecule has 0 atom stereocenters. The van der Waals surface area contributed by atoms with Crippen LogP contribution >= 0.6 is 0 Å². The Morgan fingerprint density at radius 2 is 2.15 bits per heavy atom. The van der Waals surface area contributed by atoms with Gasteiger partial charge in [-0.05, 0) is 18.6 Å². The standard InChI is InChI=1S/C13H14FN3O3/c14-9-4-1-2-5-10(9)17-8-11(19)12(16-17)13(20)15-6-3-7-18/h1-2,4-5,8,18-19H,3,6-7H2,(H,15,20). The van der Waals surface area contributed by atoms with Crippen LogP contribution in [0, 0.1) is 5.82 Å². The number of nitrogens with one attached hydrogen (secondary N) is 1. The molecule has 1 heterocycles. The molecule has 1 aromatic carbocycles. The minimum atomic E-state index is -0.578. The van der Waals surface area contributed by atoms with Gasteiger partial charge in [0.15, 0.2) is 11.4 Å². The summed E-state index contributed by atoms with van der Waals surface area (Å²) in [4.78, 5) is 11.7. The van der Waals surface area contributed by atoms with Crippen LogP contribution in [0.25, 0.3) is 5.69 Å². The van der Waals surface area contributed by atoms with Crippen LogP contribution in [0.5, 0.6) is 5.75 Å². The molecule has 20 heavy (non-hydrogen) atoms. The zero-order valence-electron chi connectivity index (χ0n) is 10.6. The molecule has 0 unspecified atom stereocenters. The van der Waals surface area contributed by atoms with Crippen molar-refractivity contribution in [1.29, 1.82) is 0 Å². The fraction of sp³-hybridized carbons (Fsp3) is 0.231. The van der Waals surface area contributed by atoms with Crippen LogP contribution in [0.2, 0.25) is 0 Å². The first kappa shape index (κ1) is 14.0. The first-order valence-electron chi connectivity index (χ1n) is 6.06. The van der Waals surface area contributed by atoms with E-state index in [1.54, 1.807) is 6.07 Å². The molecule has 0 saturated carbocycles. The topological polar surface area (TPSA) is 87.4 Å². The molecule has 0 spiro atoms. The smallest absolute Gasteiger partial charge is 0.275 e. The molecule has 1 aromatic heterocycles. The molecule has 2 aromatic rings. The summed E-state index contributed by atoms with van der Waals surface area (Å²) in [5.74, 6) is -1.43. The van der Waals surface area contributed by atoms with Gasteiger partial charge in [-0.25, -0.2) is 9.07 Å². The van der Waals surface area contributed by atoms with Gasteiger partial charge >= 0.3 is 0 Å². The van der Waals surface area contributed by atoms with Crippen LogP contribution in [0.3, 0.4) is 0 Å². The lowest BCUT2D eigenvalue weighted by molar-refractivity contribution is 0.0943. The van der Waals surface area contributed by atoms with E-state index in [-0.39, 0.29) is 30.3 Å². The van der Waals surface area contributed by atoms with Crippen LogP contribution in [0.15, 0.2) is 30.5 Å². The second-order valence-corrected chi connectivity index (χ2v) is 4.09. The highest BCUT2D eigenvalue weighted by Gasteiger charge is 2.17. The van der Waals surface area contributed by atoms with E-state index in [4.69, 9.17) is 5.11 Å². The molecule has 6 nitrogen and oxygen atoms in total. The van der Waals surface area contributed by atoms with Crippen molar-refractivity contribution in [1.82, 2.24) is 15.1 Å². The van der Waals surface area contributed by atoms with E-state index in [9.17, 15) is 14.3 Å². The van der Waals surface area contributed by atoms with E-state index in [2.05, 4.69) is 10.4 Å². The van der Waals surface area contributed by atoms with Gasteiger partial charge in [0.2, 0.25) is 0 Å². The summed E-state index contributed by atoms with van der Waals surface area (Å²) in [6.07, 6.45) is 1.57. The highest BCUT2D eigenvalue weighted by molar-refractivity contribution is 5.94. The van der Waals surface area contributed by atoms with Crippen LogP contribution in [-0.2, 0) is 0 Å². The Morgan fingerprint density at radius 1 is 1.40 bits per heavy atom. The third kappa shape index (κ3) is 2.94. The van der Waals surface area contributed by atoms with Gasteiger partial charge in [0, 0.05) is 13.2 Å². The molecule has 3 N–H and O–H groups in total. The van der Waals surface area contributed by atoms with Gasteiger partial charge in [-0.1, -0.05) is 12.1 Å². The third-order valence-electron chi connectivity index (χ3n) is 2.63. The van der Waals surface area contributed by atoms with Gasteiger partial charge in [0.1, 0.15) is 11.5 Å². The molecule has 0 aliphatic carbocycles. The zero-order valence-corrected chi connectivity index (χ0v) is 10.6. The fourth-order valence-corrected chi connectivity index (χ4v) is 1.65. The number of aromatic hydroxyl groups is 1. The van der Waals surface area contributed by atoms with Crippen LogP contribution in [-0.4, -0.2) is 39.1 Å². The Bertz CT molecular complexity index is 613. The number of aliphatic hydroxyl groups excluding tert-OH is 1. The maximum atomic E-state index is 13.6. The quantitative estimate of drug-likeness (QED) is 0.707. The van der Waals surface area contributed by atoms with E-state index in [1.807, 2.05) is 0 Å². The number of halogens is 1. The van der Waals surface area contributed by atoms with Crippen molar-refractivity contribution >= 4 is 5.91 Å². The molecule has 2 rings (SSSR count). The number of aromatic nitrogens is 2. The molecule has 0 aliphatic heterocycles. The zero-order chi connectivity index (χ0) is 14.5. The number of amides is 1. The predicted molar refractivity (Wildman–Crippen MR) is 69.2 cm³/mol. The maximum absolute atomic E-state index is 13.6. The minimum absolute atomic E-state index is 0.0457. The molecule has 1 amide bonds. The second-order valence-electron chi connectivity index (χ2n) is 4.09. The number of hydrogen-bond donors (Lipinski definition) is 3. The Hall–Kier alpha value is -2.41. The van der Waals surface area contributed by atoms with Crippen molar-refractivity contribution in [3.8, 4) is 11.4 Å². The van der Waals surface area contributed by atoms with Crippen molar-refractivity contribution in [2.45, 2.75) is 6.42 Å². The Kier molecular flexibility index (Phi) is 4.31. The van der Waals surface area contributed by atoms with Crippen molar-refractivity contribution in [2.24, 2.45) is 0 Å². The number of nitrogens with zero attached hydrogens (tertiary/aromatic N) is 2. The number of rotatable bonds is 5. The van der Waals surface area contributed by atoms with Crippen LogP contribution in [0.1, 0.15) is 16.9 Å². The van der Waals surface area contributed by atoms with E-state index in [0.717, 1.165) is 4.68 Å². The van der Waals surface area contributed by atoms with Crippen LogP contribution < -0.4 is 5.32 Å². The number of para-hydroxylation sites is 1. The second kappa shape index (κ2) is 6.16. The number of hydrogen-bond acceptors (Lipinski definition) is 4. The summed E-state index contributed by atoms with van der Waals surface area (Å²) in [7, 11) is 0. The molecule has 0 bridgehead atoms. The number of benzene rings is 1. The minimum Gasteiger partial charge on any atom is -0.504 e. The van der Waals surface area contributed by atoms with E-state index >= 15 is 0 Å². The molecule has 0 fully saturated rings. The molecule has 7 heteroatoms. The maximum Gasteiger partial charge on any atom is 0.275 e.